The van der Waals surface area contributed by atoms with Gasteiger partial charge in [-0.25, -0.2) is 0 Å². The molecule has 1 N–H and O–H groups in total. The Kier molecular flexibility index (Phi) is 4.84. The van der Waals surface area contributed by atoms with Crippen molar-refractivity contribution in [2.75, 3.05) is 0 Å². The largest absolute Gasteiger partial charge is 0.352 e. The molecule has 3 aromatic rings. The lowest BCUT2D eigenvalue weighted by atomic mass is 9.84. The van der Waals surface area contributed by atoms with Crippen molar-refractivity contribution in [1.29, 1.82) is 0 Å². The van der Waals surface area contributed by atoms with Crippen LogP contribution in [0.25, 0.3) is 16.7 Å². The molecule has 7 nitrogen and oxygen atoms in total. The molecule has 2 aliphatic carbocycles. The summed E-state index contributed by atoms with van der Waals surface area (Å²) in [6, 6.07) is 7.63. The molecule has 1 amide bonds. The average molecular weight is 426 g/mol. The summed E-state index contributed by atoms with van der Waals surface area (Å²) in [4.78, 5) is 25.5. The topological polar surface area (TPSA) is 81.3 Å². The Morgan fingerprint density at radius 3 is 2.73 bits per heavy atom. The predicted molar refractivity (Wildman–Crippen MR) is 118 cm³/mol. The van der Waals surface area contributed by atoms with E-state index < -0.39 is 0 Å². The van der Waals surface area contributed by atoms with Crippen LogP contribution in [0.3, 0.4) is 0 Å². The molecular formula is C22H27N5O2S. The molecule has 1 aromatic carbocycles. The van der Waals surface area contributed by atoms with Crippen LogP contribution in [0.4, 0.5) is 0 Å². The quantitative estimate of drug-likeness (QED) is 0.636. The minimum atomic E-state index is -0.311. The van der Waals surface area contributed by atoms with E-state index in [1.807, 2.05) is 29.5 Å². The first-order chi connectivity index (χ1) is 14.4. The Bertz CT molecular complexity index is 1190. The number of rotatable bonds is 5. The predicted octanol–water partition coefficient (Wildman–Crippen LogP) is 3.00. The minimum Gasteiger partial charge on any atom is -0.352 e. The van der Waals surface area contributed by atoms with E-state index in [1.165, 1.54) is 42.0 Å². The van der Waals surface area contributed by atoms with E-state index in [9.17, 15) is 9.59 Å². The molecule has 5 unspecified atom stereocenters. The Balaban J connectivity index is 1.37. The number of para-hydroxylation sites is 1. The summed E-state index contributed by atoms with van der Waals surface area (Å²) >= 11 is 1.38. The molecule has 2 heterocycles. The zero-order valence-electron chi connectivity index (χ0n) is 17.5. The van der Waals surface area contributed by atoms with E-state index in [0.717, 1.165) is 17.4 Å². The van der Waals surface area contributed by atoms with Gasteiger partial charge in [0, 0.05) is 13.1 Å². The monoisotopic (exact) mass is 425 g/mol. The fourth-order valence-corrected chi connectivity index (χ4v) is 6.32. The van der Waals surface area contributed by atoms with Crippen LogP contribution in [-0.4, -0.2) is 36.4 Å². The third kappa shape index (κ3) is 3.12. The highest BCUT2D eigenvalue weighted by molar-refractivity contribution is 8.00. The summed E-state index contributed by atoms with van der Waals surface area (Å²) in [5.41, 5.74) is 0.651. The number of aryl methyl sites for hydroxylation is 1. The second-order valence-corrected chi connectivity index (χ2v) is 10.2. The van der Waals surface area contributed by atoms with Gasteiger partial charge in [0.2, 0.25) is 11.7 Å². The number of nitrogens with one attached hydrogen (secondary N) is 1. The van der Waals surface area contributed by atoms with Gasteiger partial charge in [0.1, 0.15) is 0 Å². The van der Waals surface area contributed by atoms with E-state index >= 15 is 0 Å². The molecule has 30 heavy (non-hydrogen) atoms. The van der Waals surface area contributed by atoms with Crippen LogP contribution in [0.5, 0.6) is 0 Å². The first-order valence-corrected chi connectivity index (χ1v) is 11.6. The number of hydrogen-bond acceptors (Lipinski definition) is 5. The maximum atomic E-state index is 12.9. The fraction of sp³-hybridized carbons (Fsp3) is 0.545. The average Bonchev–Trinajstić information content (AvgIpc) is 3.48. The third-order valence-electron chi connectivity index (χ3n) is 7.05. The zero-order chi connectivity index (χ0) is 21.0. The fourth-order valence-electron chi connectivity index (χ4n) is 5.45. The molecule has 0 aliphatic heterocycles. The van der Waals surface area contributed by atoms with Gasteiger partial charge in [0.05, 0.1) is 16.2 Å². The number of nitrogens with zero attached hydrogens (tertiary/aromatic N) is 4. The summed E-state index contributed by atoms with van der Waals surface area (Å²) in [5.74, 6) is 2.76. The molecule has 0 spiro atoms. The molecule has 2 bridgehead atoms. The van der Waals surface area contributed by atoms with Gasteiger partial charge in [0.15, 0.2) is 5.16 Å². The second-order valence-electron chi connectivity index (χ2n) is 8.90. The molecule has 0 radical (unpaired) electrons. The van der Waals surface area contributed by atoms with Crippen LogP contribution < -0.4 is 10.9 Å². The SMILES string of the molecule is CC(Sc1nnc2n(C)c(=O)c3ccccc3n12)C(=O)NC(C)C1CC2CCC1C2. The van der Waals surface area contributed by atoms with Crippen molar-refractivity contribution in [2.24, 2.45) is 24.8 Å². The van der Waals surface area contributed by atoms with Gasteiger partial charge in [-0.2, -0.15) is 0 Å². The Morgan fingerprint density at radius 1 is 1.20 bits per heavy atom. The maximum absolute atomic E-state index is 12.9. The van der Waals surface area contributed by atoms with Crippen molar-refractivity contribution in [1.82, 2.24) is 24.5 Å². The number of benzene rings is 1. The molecule has 5 rings (SSSR count). The Hall–Kier alpha value is -2.35. The van der Waals surface area contributed by atoms with E-state index in [2.05, 4.69) is 22.4 Å². The molecule has 2 saturated carbocycles. The van der Waals surface area contributed by atoms with Crippen LogP contribution in [0.1, 0.15) is 39.5 Å². The second kappa shape index (κ2) is 7.41. The van der Waals surface area contributed by atoms with Crippen LogP contribution >= 0.6 is 11.8 Å². The molecule has 5 atom stereocenters. The standard InChI is InChI=1S/C22H27N5O2S/c1-12(17-11-14-8-9-15(17)10-14)23-19(28)13(2)30-22-25-24-21-26(3)20(29)16-6-4-5-7-18(16)27(21)22/h4-7,12-15,17H,8-11H2,1-3H3,(H,23,28). The molecular weight excluding hydrogens is 398 g/mol. The molecule has 2 aliphatic rings. The number of carbonyl (C=O) groups excluding carboxylic acids is 1. The van der Waals surface area contributed by atoms with Crippen molar-refractivity contribution in [3.8, 4) is 0 Å². The zero-order valence-corrected chi connectivity index (χ0v) is 18.4. The summed E-state index contributed by atoms with van der Waals surface area (Å²) in [6.07, 6.45) is 5.27. The molecule has 158 valence electrons. The number of hydrogen-bond donors (Lipinski definition) is 1. The number of thioether (sulfide) groups is 1. The van der Waals surface area contributed by atoms with Crippen LogP contribution in [0.15, 0.2) is 34.2 Å². The van der Waals surface area contributed by atoms with Gasteiger partial charge in [-0.1, -0.05) is 30.3 Å². The molecule has 8 heteroatoms. The Labute approximate surface area is 179 Å². The van der Waals surface area contributed by atoms with Crippen molar-refractivity contribution < 1.29 is 4.79 Å². The molecule has 0 saturated heterocycles. The molecule has 2 fully saturated rings. The smallest absolute Gasteiger partial charge is 0.262 e. The lowest BCUT2D eigenvalue weighted by Crippen LogP contribution is -2.43. The highest BCUT2D eigenvalue weighted by Gasteiger charge is 2.42. The lowest BCUT2D eigenvalue weighted by molar-refractivity contribution is -0.121. The van der Waals surface area contributed by atoms with Gasteiger partial charge >= 0.3 is 0 Å². The summed E-state index contributed by atoms with van der Waals surface area (Å²) in [7, 11) is 1.69. The minimum absolute atomic E-state index is 0.0288. The first kappa shape index (κ1) is 19.6. The first-order valence-electron chi connectivity index (χ1n) is 10.7. The van der Waals surface area contributed by atoms with Crippen molar-refractivity contribution in [3.05, 3.63) is 34.6 Å². The summed E-state index contributed by atoms with van der Waals surface area (Å²) in [6.45, 7) is 4.05. The van der Waals surface area contributed by atoms with E-state index in [4.69, 9.17) is 0 Å². The van der Waals surface area contributed by atoms with E-state index in [0.29, 0.717) is 22.2 Å². The highest BCUT2D eigenvalue weighted by atomic mass is 32.2. The third-order valence-corrected chi connectivity index (χ3v) is 8.10. The van der Waals surface area contributed by atoms with Crippen molar-refractivity contribution >= 4 is 34.3 Å². The van der Waals surface area contributed by atoms with Gasteiger partial charge in [-0.3, -0.25) is 18.6 Å². The number of carbonyl (C=O) groups is 1. The van der Waals surface area contributed by atoms with Gasteiger partial charge in [-0.15, -0.1) is 10.2 Å². The van der Waals surface area contributed by atoms with Gasteiger partial charge in [-0.05, 0) is 63.0 Å². The normalized spacial score (nSPS) is 25.1. The number of amides is 1. The van der Waals surface area contributed by atoms with Crippen molar-refractivity contribution in [3.63, 3.8) is 0 Å². The number of fused-ring (bicyclic) bond motifs is 5. The maximum Gasteiger partial charge on any atom is 0.262 e. The van der Waals surface area contributed by atoms with Crippen LogP contribution in [-0.2, 0) is 11.8 Å². The summed E-state index contributed by atoms with van der Waals surface area (Å²) in [5, 5.41) is 12.7. The Morgan fingerprint density at radius 2 is 2.00 bits per heavy atom. The van der Waals surface area contributed by atoms with Crippen molar-refractivity contribution in [2.45, 2.75) is 56.0 Å². The van der Waals surface area contributed by atoms with Gasteiger partial charge in [0.25, 0.3) is 5.56 Å². The number of aromatic nitrogens is 4. The van der Waals surface area contributed by atoms with Crippen LogP contribution in [0.2, 0.25) is 0 Å². The van der Waals surface area contributed by atoms with E-state index in [-0.39, 0.29) is 22.8 Å². The van der Waals surface area contributed by atoms with Crippen LogP contribution in [0, 0.1) is 17.8 Å². The summed E-state index contributed by atoms with van der Waals surface area (Å²) < 4.78 is 3.37. The lowest BCUT2D eigenvalue weighted by Gasteiger charge is -2.29. The van der Waals surface area contributed by atoms with E-state index in [1.54, 1.807) is 13.1 Å². The van der Waals surface area contributed by atoms with Gasteiger partial charge < -0.3 is 5.32 Å². The molecule has 2 aromatic heterocycles. The highest BCUT2D eigenvalue weighted by Crippen LogP contribution is 2.49.